The van der Waals surface area contributed by atoms with Gasteiger partial charge < -0.3 is 14.4 Å². The van der Waals surface area contributed by atoms with Crippen LogP contribution in [0.4, 0.5) is 4.79 Å². The number of allylic oxidation sites excluding steroid dienone is 1. The lowest BCUT2D eigenvalue weighted by Gasteiger charge is -2.36. The fourth-order valence-corrected chi connectivity index (χ4v) is 2.69. The Morgan fingerprint density at radius 2 is 2.19 bits per heavy atom. The van der Waals surface area contributed by atoms with E-state index in [1.807, 2.05) is 36.4 Å². The number of ether oxygens (including phenoxy) is 2. The molecular formula is C17H23NO3. The van der Waals surface area contributed by atoms with Crippen molar-refractivity contribution >= 4 is 6.09 Å². The van der Waals surface area contributed by atoms with Crippen LogP contribution in [0.2, 0.25) is 0 Å². The number of likely N-dealkylation sites (tertiary alicyclic amines) is 1. The normalized spacial score (nSPS) is 21.9. The number of methoxy groups -OCH3 is 1. The molecule has 0 aromatic heterocycles. The number of carbonyl (C=O) groups is 1. The molecule has 2 atom stereocenters. The molecule has 4 heteroatoms. The average Bonchev–Trinajstić information content (AvgIpc) is 2.54. The molecule has 1 amide bonds. The smallest absolute Gasteiger partial charge is 0.410 e. The molecule has 1 aliphatic heterocycles. The standard InChI is InChI=1S/C17H23NO3/c1-3-7-15-10-11-18(12-16(15)20-2)17(19)21-13-14-8-5-4-6-9-14/h3-6,8-9,15-16H,1,7,10-13H2,2H3. The average molecular weight is 289 g/mol. The van der Waals surface area contributed by atoms with Crippen molar-refractivity contribution in [2.24, 2.45) is 5.92 Å². The predicted molar refractivity (Wildman–Crippen MR) is 81.9 cm³/mol. The van der Waals surface area contributed by atoms with Gasteiger partial charge in [-0.15, -0.1) is 6.58 Å². The van der Waals surface area contributed by atoms with E-state index < -0.39 is 0 Å². The van der Waals surface area contributed by atoms with Crippen LogP contribution in [0, 0.1) is 5.92 Å². The summed E-state index contributed by atoms with van der Waals surface area (Å²) in [7, 11) is 1.69. The lowest BCUT2D eigenvalue weighted by atomic mass is 9.91. The summed E-state index contributed by atoms with van der Waals surface area (Å²) in [5, 5.41) is 0. The monoisotopic (exact) mass is 289 g/mol. The Morgan fingerprint density at radius 3 is 2.86 bits per heavy atom. The third-order valence-corrected chi connectivity index (χ3v) is 3.93. The molecule has 1 fully saturated rings. The molecule has 0 N–H and O–H groups in total. The molecule has 0 radical (unpaired) electrons. The summed E-state index contributed by atoms with van der Waals surface area (Å²) in [5.41, 5.74) is 0.996. The van der Waals surface area contributed by atoms with E-state index in [9.17, 15) is 4.79 Å². The fourth-order valence-electron chi connectivity index (χ4n) is 2.69. The molecule has 0 spiro atoms. The summed E-state index contributed by atoms with van der Waals surface area (Å²) in [6, 6.07) is 9.71. The predicted octanol–water partition coefficient (Wildman–Crippen LogP) is 3.24. The molecule has 0 aliphatic carbocycles. The third-order valence-electron chi connectivity index (χ3n) is 3.93. The van der Waals surface area contributed by atoms with Crippen LogP contribution in [0.3, 0.4) is 0 Å². The van der Waals surface area contributed by atoms with Crippen molar-refractivity contribution in [3.63, 3.8) is 0 Å². The fraction of sp³-hybridized carbons (Fsp3) is 0.471. The maximum Gasteiger partial charge on any atom is 0.410 e. The molecular weight excluding hydrogens is 266 g/mol. The molecule has 1 saturated heterocycles. The second-order valence-electron chi connectivity index (χ2n) is 5.33. The molecule has 2 unspecified atom stereocenters. The van der Waals surface area contributed by atoms with Crippen LogP contribution in [0.5, 0.6) is 0 Å². The minimum absolute atomic E-state index is 0.0565. The summed E-state index contributed by atoms with van der Waals surface area (Å²) in [6.45, 7) is 5.39. The van der Waals surface area contributed by atoms with Crippen LogP contribution >= 0.6 is 0 Å². The van der Waals surface area contributed by atoms with Gasteiger partial charge >= 0.3 is 6.09 Å². The second kappa shape index (κ2) is 7.84. The lowest BCUT2D eigenvalue weighted by Crippen LogP contribution is -2.47. The van der Waals surface area contributed by atoms with E-state index in [1.54, 1.807) is 12.0 Å². The molecule has 0 saturated carbocycles. The highest BCUT2D eigenvalue weighted by molar-refractivity contribution is 5.67. The van der Waals surface area contributed by atoms with Crippen molar-refractivity contribution in [3.05, 3.63) is 48.6 Å². The van der Waals surface area contributed by atoms with Crippen molar-refractivity contribution in [1.82, 2.24) is 4.90 Å². The van der Waals surface area contributed by atoms with Crippen molar-refractivity contribution in [2.75, 3.05) is 20.2 Å². The number of benzene rings is 1. The van der Waals surface area contributed by atoms with Gasteiger partial charge in [0.1, 0.15) is 6.61 Å². The minimum Gasteiger partial charge on any atom is -0.445 e. The summed E-state index contributed by atoms with van der Waals surface area (Å²) >= 11 is 0. The molecule has 114 valence electrons. The van der Waals surface area contributed by atoms with E-state index in [0.29, 0.717) is 25.6 Å². The second-order valence-corrected chi connectivity index (χ2v) is 5.33. The van der Waals surface area contributed by atoms with Crippen LogP contribution in [0.15, 0.2) is 43.0 Å². The van der Waals surface area contributed by atoms with Gasteiger partial charge in [-0.1, -0.05) is 36.4 Å². The Balaban J connectivity index is 1.84. The molecule has 4 nitrogen and oxygen atoms in total. The number of hydrogen-bond acceptors (Lipinski definition) is 3. The molecule has 0 bridgehead atoms. The van der Waals surface area contributed by atoms with Gasteiger partial charge in [-0.2, -0.15) is 0 Å². The van der Waals surface area contributed by atoms with E-state index in [2.05, 4.69) is 6.58 Å². The maximum absolute atomic E-state index is 12.1. The zero-order valence-corrected chi connectivity index (χ0v) is 12.5. The van der Waals surface area contributed by atoms with Gasteiger partial charge in [-0.05, 0) is 24.3 Å². The maximum atomic E-state index is 12.1. The number of rotatable bonds is 5. The highest BCUT2D eigenvalue weighted by atomic mass is 16.6. The summed E-state index contributed by atoms with van der Waals surface area (Å²) in [4.78, 5) is 13.9. The van der Waals surface area contributed by atoms with E-state index in [4.69, 9.17) is 9.47 Å². The van der Waals surface area contributed by atoms with Crippen LogP contribution in [0.25, 0.3) is 0 Å². The Labute approximate surface area is 126 Å². The van der Waals surface area contributed by atoms with Crippen LogP contribution in [-0.4, -0.2) is 37.3 Å². The topological polar surface area (TPSA) is 38.8 Å². The summed E-state index contributed by atoms with van der Waals surface area (Å²) in [6.07, 6.45) is 3.55. The summed E-state index contributed by atoms with van der Waals surface area (Å²) in [5.74, 6) is 0.436. The molecule has 1 heterocycles. The van der Waals surface area contributed by atoms with Gasteiger partial charge in [-0.3, -0.25) is 0 Å². The first-order valence-electron chi connectivity index (χ1n) is 7.34. The number of piperidine rings is 1. The zero-order valence-electron chi connectivity index (χ0n) is 12.5. The Morgan fingerprint density at radius 1 is 1.43 bits per heavy atom. The first kappa shape index (κ1) is 15.6. The van der Waals surface area contributed by atoms with Gasteiger partial charge in [0.2, 0.25) is 0 Å². The van der Waals surface area contributed by atoms with E-state index in [0.717, 1.165) is 18.4 Å². The van der Waals surface area contributed by atoms with E-state index in [-0.39, 0.29) is 12.2 Å². The van der Waals surface area contributed by atoms with Gasteiger partial charge in [-0.25, -0.2) is 4.79 Å². The highest BCUT2D eigenvalue weighted by Crippen LogP contribution is 2.24. The van der Waals surface area contributed by atoms with Crippen LogP contribution in [-0.2, 0) is 16.1 Å². The Kier molecular flexibility index (Phi) is 5.81. The van der Waals surface area contributed by atoms with Gasteiger partial charge in [0.25, 0.3) is 0 Å². The molecule has 21 heavy (non-hydrogen) atoms. The molecule has 1 aliphatic rings. The Hall–Kier alpha value is -1.81. The summed E-state index contributed by atoms with van der Waals surface area (Å²) < 4.78 is 10.9. The highest BCUT2D eigenvalue weighted by Gasteiger charge is 2.31. The number of carbonyl (C=O) groups excluding carboxylic acids is 1. The first-order valence-corrected chi connectivity index (χ1v) is 7.34. The van der Waals surface area contributed by atoms with Gasteiger partial charge in [0.15, 0.2) is 0 Å². The quantitative estimate of drug-likeness (QED) is 0.781. The van der Waals surface area contributed by atoms with Crippen molar-refractivity contribution in [2.45, 2.75) is 25.6 Å². The van der Waals surface area contributed by atoms with E-state index >= 15 is 0 Å². The number of hydrogen-bond donors (Lipinski definition) is 0. The first-order chi connectivity index (χ1) is 10.2. The molecule has 1 aromatic rings. The third kappa shape index (κ3) is 4.33. The van der Waals surface area contributed by atoms with Crippen molar-refractivity contribution < 1.29 is 14.3 Å². The minimum atomic E-state index is -0.266. The van der Waals surface area contributed by atoms with Gasteiger partial charge in [0.05, 0.1) is 12.6 Å². The van der Waals surface area contributed by atoms with Crippen molar-refractivity contribution in [3.8, 4) is 0 Å². The SMILES string of the molecule is C=CCC1CCN(C(=O)OCc2ccccc2)CC1OC. The number of amides is 1. The number of nitrogens with zero attached hydrogens (tertiary/aromatic N) is 1. The van der Waals surface area contributed by atoms with E-state index in [1.165, 1.54) is 0 Å². The largest absolute Gasteiger partial charge is 0.445 e. The Bertz CT molecular complexity index is 460. The molecule has 2 rings (SSSR count). The van der Waals surface area contributed by atoms with Gasteiger partial charge in [0, 0.05) is 13.7 Å². The van der Waals surface area contributed by atoms with Crippen LogP contribution in [0.1, 0.15) is 18.4 Å². The van der Waals surface area contributed by atoms with Crippen LogP contribution < -0.4 is 0 Å². The lowest BCUT2D eigenvalue weighted by molar-refractivity contribution is -0.0120. The van der Waals surface area contributed by atoms with Crippen molar-refractivity contribution in [1.29, 1.82) is 0 Å². The molecule has 1 aromatic carbocycles. The zero-order chi connectivity index (χ0) is 15.1.